The molecule has 0 bridgehead atoms. The third kappa shape index (κ3) is 4.07. The van der Waals surface area contributed by atoms with Gasteiger partial charge in [-0.2, -0.15) is 0 Å². The highest BCUT2D eigenvalue weighted by Gasteiger charge is 2.34. The molecule has 1 N–H and O–H groups in total. The van der Waals surface area contributed by atoms with Crippen LogP contribution in [0.1, 0.15) is 39.1 Å². The van der Waals surface area contributed by atoms with Gasteiger partial charge in [-0.25, -0.2) is 4.98 Å². The van der Waals surface area contributed by atoms with Crippen LogP contribution in [-0.2, 0) is 16.1 Å². The van der Waals surface area contributed by atoms with Crippen LogP contribution in [-0.4, -0.2) is 51.5 Å². The van der Waals surface area contributed by atoms with E-state index in [0.717, 1.165) is 30.1 Å². The maximum Gasteiger partial charge on any atom is 0.237 e. The molecule has 1 aliphatic heterocycles. The zero-order chi connectivity index (χ0) is 18.8. The van der Waals surface area contributed by atoms with Crippen LogP contribution in [0.5, 0.6) is 0 Å². The van der Waals surface area contributed by atoms with Crippen LogP contribution < -0.4 is 5.32 Å². The second-order valence-corrected chi connectivity index (χ2v) is 7.75. The van der Waals surface area contributed by atoms with Gasteiger partial charge in [0.2, 0.25) is 5.91 Å². The van der Waals surface area contributed by atoms with Crippen LogP contribution in [0.4, 0.5) is 0 Å². The predicted octanol–water partition coefficient (Wildman–Crippen LogP) is 2.39. The summed E-state index contributed by atoms with van der Waals surface area (Å²) in [6.45, 7) is 12.4. The summed E-state index contributed by atoms with van der Waals surface area (Å²) in [5, 5.41) is 3.09. The van der Waals surface area contributed by atoms with Gasteiger partial charge in [-0.1, -0.05) is 19.9 Å². The maximum absolute atomic E-state index is 12.9. The number of aryl methyl sites for hydroxylation is 1. The van der Waals surface area contributed by atoms with Crippen LogP contribution in [0.15, 0.2) is 24.4 Å². The molecule has 3 rings (SSSR count). The molecule has 3 atom stereocenters. The lowest BCUT2D eigenvalue weighted by atomic mass is 9.99. The van der Waals surface area contributed by atoms with Crippen molar-refractivity contribution in [2.75, 3.05) is 13.1 Å². The van der Waals surface area contributed by atoms with Crippen LogP contribution in [0, 0.1) is 12.8 Å². The van der Waals surface area contributed by atoms with Gasteiger partial charge in [0, 0.05) is 25.0 Å². The van der Waals surface area contributed by atoms with Gasteiger partial charge in [-0.3, -0.25) is 9.69 Å². The number of ether oxygens (including phenoxy) is 1. The van der Waals surface area contributed by atoms with Crippen molar-refractivity contribution in [3.63, 3.8) is 0 Å². The quantitative estimate of drug-likeness (QED) is 0.892. The van der Waals surface area contributed by atoms with Crippen molar-refractivity contribution in [3.05, 3.63) is 35.8 Å². The molecular formula is C20H30N4O2. The number of fused-ring (bicyclic) bond motifs is 1. The summed E-state index contributed by atoms with van der Waals surface area (Å²) < 4.78 is 7.86. The summed E-state index contributed by atoms with van der Waals surface area (Å²) in [4.78, 5) is 19.8. The molecule has 0 aromatic carbocycles. The molecule has 0 aliphatic carbocycles. The molecule has 1 aliphatic rings. The first kappa shape index (κ1) is 18.9. The number of carbonyl (C=O) groups is 1. The van der Waals surface area contributed by atoms with E-state index in [-0.39, 0.29) is 30.1 Å². The highest BCUT2D eigenvalue weighted by atomic mass is 16.5. The average Bonchev–Trinajstić information content (AvgIpc) is 2.96. The zero-order valence-electron chi connectivity index (χ0n) is 16.4. The first-order chi connectivity index (χ1) is 12.3. The Labute approximate surface area is 155 Å². The lowest BCUT2D eigenvalue weighted by Gasteiger charge is -2.41. The standard InChI is InChI=1S/C20H30N4O2/c1-13(2)19(23-10-15(4)26-16(5)11-23)20(25)21-9-17-12-24-14(3)7-6-8-18(24)22-17/h6-8,12-13,15-16,19H,9-11H2,1-5H3,(H,21,25). The molecule has 3 unspecified atom stereocenters. The second-order valence-electron chi connectivity index (χ2n) is 7.75. The Balaban J connectivity index is 1.68. The molecule has 2 aromatic rings. The van der Waals surface area contributed by atoms with Gasteiger partial charge in [0.05, 0.1) is 30.5 Å². The van der Waals surface area contributed by atoms with Gasteiger partial charge < -0.3 is 14.5 Å². The Morgan fingerprint density at radius 3 is 2.62 bits per heavy atom. The lowest BCUT2D eigenvalue weighted by Crippen LogP contribution is -2.56. The Kier molecular flexibility index (Phi) is 5.63. The van der Waals surface area contributed by atoms with Gasteiger partial charge in [0.15, 0.2) is 0 Å². The zero-order valence-corrected chi connectivity index (χ0v) is 16.4. The number of hydrogen-bond donors (Lipinski definition) is 1. The van der Waals surface area contributed by atoms with Gasteiger partial charge >= 0.3 is 0 Å². The van der Waals surface area contributed by atoms with Gasteiger partial charge in [-0.15, -0.1) is 0 Å². The van der Waals surface area contributed by atoms with Gasteiger partial charge in [0.25, 0.3) is 0 Å². The monoisotopic (exact) mass is 358 g/mol. The fourth-order valence-corrected chi connectivity index (χ4v) is 3.90. The first-order valence-corrected chi connectivity index (χ1v) is 9.46. The van der Waals surface area contributed by atoms with Crippen molar-refractivity contribution in [3.8, 4) is 0 Å². The molecule has 1 amide bonds. The van der Waals surface area contributed by atoms with Crippen molar-refractivity contribution < 1.29 is 9.53 Å². The third-order valence-electron chi connectivity index (χ3n) is 4.93. The normalized spacial score (nSPS) is 22.7. The minimum atomic E-state index is -0.150. The van der Waals surface area contributed by atoms with Crippen LogP contribution >= 0.6 is 0 Å². The molecule has 0 radical (unpaired) electrons. The molecule has 1 fully saturated rings. The largest absolute Gasteiger partial charge is 0.373 e. The molecule has 1 saturated heterocycles. The number of nitrogens with zero attached hydrogens (tertiary/aromatic N) is 3. The molecular weight excluding hydrogens is 328 g/mol. The van der Waals surface area contributed by atoms with Crippen molar-refractivity contribution in [1.29, 1.82) is 0 Å². The molecule has 142 valence electrons. The molecule has 2 aromatic heterocycles. The molecule has 6 heteroatoms. The molecule has 6 nitrogen and oxygen atoms in total. The smallest absolute Gasteiger partial charge is 0.237 e. The Hall–Kier alpha value is -1.92. The van der Waals surface area contributed by atoms with Crippen molar-refractivity contribution >= 4 is 11.6 Å². The predicted molar refractivity (Wildman–Crippen MR) is 102 cm³/mol. The highest BCUT2D eigenvalue weighted by molar-refractivity contribution is 5.82. The fourth-order valence-electron chi connectivity index (χ4n) is 3.90. The van der Waals surface area contributed by atoms with Crippen LogP contribution in [0.25, 0.3) is 5.65 Å². The highest BCUT2D eigenvalue weighted by Crippen LogP contribution is 2.19. The van der Waals surface area contributed by atoms with Crippen molar-refractivity contribution in [2.45, 2.75) is 59.4 Å². The Morgan fingerprint density at radius 2 is 2.00 bits per heavy atom. The second kappa shape index (κ2) is 7.76. The summed E-state index contributed by atoms with van der Waals surface area (Å²) in [6, 6.07) is 5.87. The number of morpholine rings is 1. The number of rotatable bonds is 5. The first-order valence-electron chi connectivity index (χ1n) is 9.46. The molecule has 3 heterocycles. The summed E-state index contributed by atoms with van der Waals surface area (Å²) in [5.41, 5.74) is 2.91. The van der Waals surface area contributed by atoms with Crippen molar-refractivity contribution in [2.24, 2.45) is 5.92 Å². The number of carbonyl (C=O) groups excluding carboxylic acids is 1. The summed E-state index contributed by atoms with van der Waals surface area (Å²) >= 11 is 0. The van der Waals surface area contributed by atoms with Crippen LogP contribution in [0.2, 0.25) is 0 Å². The third-order valence-corrected chi connectivity index (χ3v) is 4.93. The maximum atomic E-state index is 12.9. The van der Waals surface area contributed by atoms with E-state index in [1.54, 1.807) is 0 Å². The van der Waals surface area contributed by atoms with Gasteiger partial charge in [0.1, 0.15) is 5.65 Å². The lowest BCUT2D eigenvalue weighted by molar-refractivity contribution is -0.135. The van der Waals surface area contributed by atoms with E-state index < -0.39 is 0 Å². The fraction of sp³-hybridized carbons (Fsp3) is 0.600. The van der Waals surface area contributed by atoms with Gasteiger partial charge in [-0.05, 0) is 38.8 Å². The number of hydrogen-bond acceptors (Lipinski definition) is 4. The summed E-state index contributed by atoms with van der Waals surface area (Å²) in [6.07, 6.45) is 2.29. The molecule has 0 spiro atoms. The summed E-state index contributed by atoms with van der Waals surface area (Å²) in [7, 11) is 0. The summed E-state index contributed by atoms with van der Waals surface area (Å²) in [5.74, 6) is 0.297. The topological polar surface area (TPSA) is 58.9 Å². The van der Waals surface area contributed by atoms with E-state index in [1.807, 2.05) is 35.7 Å². The van der Waals surface area contributed by atoms with E-state index in [0.29, 0.717) is 6.54 Å². The molecule has 0 saturated carbocycles. The number of pyridine rings is 1. The van der Waals surface area contributed by atoms with E-state index in [1.165, 1.54) is 0 Å². The average molecular weight is 358 g/mol. The van der Waals surface area contributed by atoms with Crippen LogP contribution in [0.3, 0.4) is 0 Å². The minimum absolute atomic E-state index is 0.0649. The number of amides is 1. The Bertz CT molecular complexity index is 760. The number of aromatic nitrogens is 2. The van der Waals surface area contributed by atoms with E-state index >= 15 is 0 Å². The number of nitrogens with one attached hydrogen (secondary N) is 1. The van der Waals surface area contributed by atoms with Crippen molar-refractivity contribution in [1.82, 2.24) is 19.6 Å². The molecule has 26 heavy (non-hydrogen) atoms. The number of imidazole rings is 1. The Morgan fingerprint density at radius 1 is 1.31 bits per heavy atom. The van der Waals surface area contributed by atoms with E-state index in [9.17, 15) is 4.79 Å². The SMILES string of the molecule is Cc1cccc2nc(CNC(=O)C(C(C)C)N3CC(C)OC(C)C3)cn12. The van der Waals surface area contributed by atoms with E-state index in [4.69, 9.17) is 4.74 Å². The van der Waals surface area contributed by atoms with E-state index in [2.05, 4.69) is 42.9 Å². The minimum Gasteiger partial charge on any atom is -0.373 e.